The number of amides is 1. The molecule has 3 rings (SSSR count). The second-order valence-corrected chi connectivity index (χ2v) is 7.80. The quantitative estimate of drug-likeness (QED) is 0.893. The third-order valence-corrected chi connectivity index (χ3v) is 6.11. The van der Waals surface area contributed by atoms with Gasteiger partial charge in [-0.05, 0) is 69.5 Å². The smallest absolute Gasteiger partial charge is 0.239 e. The zero-order valence-corrected chi connectivity index (χ0v) is 15.4. The molecule has 1 aromatic carbocycles. The van der Waals surface area contributed by atoms with E-state index in [0.717, 1.165) is 51.4 Å². The molecule has 0 saturated carbocycles. The maximum atomic E-state index is 12.8. The normalized spacial score (nSPS) is 22.1. The molecular weight excluding hydrogens is 312 g/mol. The van der Waals surface area contributed by atoms with Gasteiger partial charge in [0.25, 0.3) is 0 Å². The van der Waals surface area contributed by atoms with E-state index in [1.165, 1.54) is 18.4 Å². The fourth-order valence-electron chi connectivity index (χ4n) is 4.25. The molecule has 0 radical (unpaired) electrons. The molecule has 0 aliphatic carbocycles. The van der Waals surface area contributed by atoms with E-state index < -0.39 is 0 Å². The highest BCUT2D eigenvalue weighted by Gasteiger charge is 2.31. The summed E-state index contributed by atoms with van der Waals surface area (Å²) in [7, 11) is 0. The third-order valence-electron chi connectivity index (χ3n) is 6.11. The van der Waals surface area contributed by atoms with Crippen molar-refractivity contribution in [3.05, 3.63) is 35.9 Å². The molecule has 2 heterocycles. The molecule has 0 aromatic heterocycles. The Morgan fingerprint density at radius 3 is 2.24 bits per heavy atom. The van der Waals surface area contributed by atoms with Gasteiger partial charge in [0, 0.05) is 19.7 Å². The summed E-state index contributed by atoms with van der Waals surface area (Å²) >= 11 is 0. The van der Waals surface area contributed by atoms with Crippen LogP contribution in [0.15, 0.2) is 30.3 Å². The van der Waals surface area contributed by atoms with Crippen LogP contribution < -0.4 is 0 Å². The van der Waals surface area contributed by atoms with Gasteiger partial charge in [0.15, 0.2) is 0 Å². The minimum absolute atomic E-state index is 0.0108. The fourth-order valence-corrected chi connectivity index (χ4v) is 4.25. The number of benzene rings is 1. The Hall–Kier alpha value is -1.39. The maximum absolute atomic E-state index is 12.8. The summed E-state index contributed by atoms with van der Waals surface area (Å²) < 4.78 is 0. The Bertz CT molecular complexity index is 532. The Morgan fingerprint density at radius 2 is 1.64 bits per heavy atom. The number of likely N-dealkylation sites (tertiary alicyclic amines) is 2. The molecule has 2 aliphatic heterocycles. The molecule has 2 aliphatic rings. The second kappa shape index (κ2) is 8.81. The highest BCUT2D eigenvalue weighted by Crippen LogP contribution is 2.24. The number of piperidine rings is 2. The Kier molecular flexibility index (Phi) is 6.49. The molecular formula is C21H32N2O2. The van der Waals surface area contributed by atoms with E-state index in [-0.39, 0.29) is 18.6 Å². The first-order chi connectivity index (χ1) is 12.2. The van der Waals surface area contributed by atoms with Gasteiger partial charge < -0.3 is 10.0 Å². The Balaban J connectivity index is 1.45. The summed E-state index contributed by atoms with van der Waals surface area (Å²) in [6.07, 6.45) is 5.39. The van der Waals surface area contributed by atoms with Gasteiger partial charge in [0.1, 0.15) is 0 Å². The molecule has 1 atom stereocenters. The SMILES string of the molecule is CC(C(=O)N1CCC(CO)CC1)N1CCC(Cc2ccccc2)CC1. The highest BCUT2D eigenvalue weighted by molar-refractivity contribution is 5.81. The summed E-state index contributed by atoms with van der Waals surface area (Å²) in [5.74, 6) is 1.40. The van der Waals surface area contributed by atoms with E-state index in [1.807, 2.05) is 4.90 Å². The van der Waals surface area contributed by atoms with Crippen LogP contribution in [0.3, 0.4) is 0 Å². The monoisotopic (exact) mass is 344 g/mol. The lowest BCUT2D eigenvalue weighted by Gasteiger charge is -2.39. The second-order valence-electron chi connectivity index (χ2n) is 7.80. The third kappa shape index (κ3) is 4.83. The van der Waals surface area contributed by atoms with Gasteiger partial charge in [-0.2, -0.15) is 0 Å². The van der Waals surface area contributed by atoms with E-state index in [1.54, 1.807) is 0 Å². The Labute approximate surface area is 151 Å². The first-order valence-corrected chi connectivity index (χ1v) is 9.85. The molecule has 1 amide bonds. The molecule has 0 bridgehead atoms. The molecule has 1 aromatic rings. The van der Waals surface area contributed by atoms with E-state index >= 15 is 0 Å². The number of aliphatic hydroxyl groups is 1. The number of carbonyl (C=O) groups is 1. The van der Waals surface area contributed by atoms with Crippen LogP contribution in [0.25, 0.3) is 0 Å². The first-order valence-electron chi connectivity index (χ1n) is 9.85. The van der Waals surface area contributed by atoms with Gasteiger partial charge in [-0.15, -0.1) is 0 Å². The summed E-state index contributed by atoms with van der Waals surface area (Å²) in [5, 5.41) is 9.25. The van der Waals surface area contributed by atoms with Crippen LogP contribution in [0.5, 0.6) is 0 Å². The van der Waals surface area contributed by atoms with Crippen LogP contribution in [0, 0.1) is 11.8 Å². The number of aliphatic hydroxyl groups excluding tert-OH is 1. The predicted molar refractivity (Wildman–Crippen MR) is 100 cm³/mol. The fraction of sp³-hybridized carbons (Fsp3) is 0.667. The molecule has 0 spiro atoms. The number of carbonyl (C=O) groups excluding carboxylic acids is 1. The molecule has 4 heteroatoms. The molecule has 1 unspecified atom stereocenters. The molecule has 25 heavy (non-hydrogen) atoms. The molecule has 2 fully saturated rings. The average Bonchev–Trinajstić information content (AvgIpc) is 2.68. The van der Waals surface area contributed by atoms with Crippen LogP contribution in [0.2, 0.25) is 0 Å². The van der Waals surface area contributed by atoms with Crippen molar-refractivity contribution < 1.29 is 9.90 Å². The predicted octanol–water partition coefficient (Wildman–Crippen LogP) is 2.56. The van der Waals surface area contributed by atoms with E-state index in [9.17, 15) is 9.90 Å². The number of nitrogens with zero attached hydrogens (tertiary/aromatic N) is 2. The van der Waals surface area contributed by atoms with E-state index in [2.05, 4.69) is 42.2 Å². The van der Waals surface area contributed by atoms with Gasteiger partial charge in [-0.1, -0.05) is 30.3 Å². The van der Waals surface area contributed by atoms with E-state index in [4.69, 9.17) is 0 Å². The minimum atomic E-state index is -0.0108. The van der Waals surface area contributed by atoms with Crippen molar-refractivity contribution in [3.8, 4) is 0 Å². The number of rotatable bonds is 5. The number of hydrogen-bond donors (Lipinski definition) is 1. The largest absolute Gasteiger partial charge is 0.396 e. The lowest BCUT2D eigenvalue weighted by molar-refractivity contribution is -0.138. The lowest BCUT2D eigenvalue weighted by Crippen LogP contribution is -2.51. The average molecular weight is 344 g/mol. The summed E-state index contributed by atoms with van der Waals surface area (Å²) in [6.45, 7) is 5.98. The van der Waals surface area contributed by atoms with Gasteiger partial charge >= 0.3 is 0 Å². The van der Waals surface area contributed by atoms with Crippen LogP contribution in [0.4, 0.5) is 0 Å². The molecule has 138 valence electrons. The maximum Gasteiger partial charge on any atom is 0.239 e. The lowest BCUT2D eigenvalue weighted by atomic mass is 9.89. The van der Waals surface area contributed by atoms with Gasteiger partial charge in [-0.25, -0.2) is 0 Å². The molecule has 1 N–H and O–H groups in total. The number of hydrogen-bond acceptors (Lipinski definition) is 3. The van der Waals surface area contributed by atoms with Crippen molar-refractivity contribution in [2.75, 3.05) is 32.8 Å². The van der Waals surface area contributed by atoms with Crippen molar-refractivity contribution in [1.29, 1.82) is 0 Å². The van der Waals surface area contributed by atoms with E-state index in [0.29, 0.717) is 5.92 Å². The summed E-state index contributed by atoms with van der Waals surface area (Å²) in [6, 6.07) is 10.7. The minimum Gasteiger partial charge on any atom is -0.396 e. The van der Waals surface area contributed by atoms with Crippen LogP contribution in [-0.4, -0.2) is 59.6 Å². The summed E-state index contributed by atoms with van der Waals surface area (Å²) in [4.78, 5) is 17.2. The summed E-state index contributed by atoms with van der Waals surface area (Å²) in [5.41, 5.74) is 1.43. The first kappa shape index (κ1) is 18.4. The Morgan fingerprint density at radius 1 is 1.04 bits per heavy atom. The van der Waals surface area contributed by atoms with Crippen LogP contribution in [0.1, 0.15) is 38.2 Å². The van der Waals surface area contributed by atoms with Gasteiger partial charge in [-0.3, -0.25) is 9.69 Å². The van der Waals surface area contributed by atoms with Gasteiger partial charge in [0.2, 0.25) is 5.91 Å². The standard InChI is InChI=1S/C21H32N2O2/c1-17(21(25)23-13-9-20(16-24)10-14-23)22-11-7-19(8-12-22)15-18-5-3-2-4-6-18/h2-6,17,19-20,24H,7-16H2,1H3. The highest BCUT2D eigenvalue weighted by atomic mass is 16.3. The molecule has 4 nitrogen and oxygen atoms in total. The van der Waals surface area contributed by atoms with Crippen molar-refractivity contribution >= 4 is 5.91 Å². The van der Waals surface area contributed by atoms with Crippen molar-refractivity contribution in [2.24, 2.45) is 11.8 Å². The van der Waals surface area contributed by atoms with Crippen molar-refractivity contribution in [3.63, 3.8) is 0 Å². The van der Waals surface area contributed by atoms with Crippen molar-refractivity contribution in [2.45, 2.75) is 45.1 Å². The zero-order chi connectivity index (χ0) is 17.6. The van der Waals surface area contributed by atoms with Crippen LogP contribution in [-0.2, 0) is 11.2 Å². The van der Waals surface area contributed by atoms with Crippen molar-refractivity contribution in [1.82, 2.24) is 9.80 Å². The molecule has 2 saturated heterocycles. The van der Waals surface area contributed by atoms with Gasteiger partial charge in [0.05, 0.1) is 6.04 Å². The topological polar surface area (TPSA) is 43.8 Å². The van der Waals surface area contributed by atoms with Crippen LogP contribution >= 0.6 is 0 Å². The zero-order valence-electron chi connectivity index (χ0n) is 15.4.